The largest absolute Gasteiger partial charge is 0.459 e. The zero-order valence-corrected chi connectivity index (χ0v) is 6.83. The van der Waals surface area contributed by atoms with Crippen molar-refractivity contribution in [1.29, 1.82) is 0 Å². The molecular weight excluding hydrogens is 174 g/mol. The van der Waals surface area contributed by atoms with E-state index in [1.165, 1.54) is 0 Å². The van der Waals surface area contributed by atoms with Gasteiger partial charge in [-0.05, 0) is 12.0 Å². The van der Waals surface area contributed by atoms with E-state index in [0.29, 0.717) is 12.8 Å². The highest BCUT2D eigenvalue weighted by Gasteiger charge is 2.49. The Morgan fingerprint density at radius 3 is 3.08 bits per heavy atom. The second-order valence-corrected chi connectivity index (χ2v) is 3.42. The van der Waals surface area contributed by atoms with Crippen LogP contribution >= 0.6 is 0 Å². The summed E-state index contributed by atoms with van der Waals surface area (Å²) < 4.78 is 4.90. The number of aliphatic hydroxyl groups excluding tert-OH is 1. The van der Waals surface area contributed by atoms with Gasteiger partial charge in [0.15, 0.2) is 0 Å². The van der Waals surface area contributed by atoms with Gasteiger partial charge in [0.05, 0.1) is 18.6 Å². The number of fused-ring (bicyclic) bond motifs is 1. The molecule has 1 aliphatic heterocycles. The number of azide groups is 1. The van der Waals surface area contributed by atoms with E-state index in [-0.39, 0.29) is 11.9 Å². The van der Waals surface area contributed by atoms with Crippen molar-refractivity contribution in [3.63, 3.8) is 0 Å². The van der Waals surface area contributed by atoms with Crippen LogP contribution in [0.1, 0.15) is 12.8 Å². The predicted octanol–water partition coefficient (Wildman–Crippen LogP) is 0.362. The normalized spacial score (nSPS) is 42.4. The van der Waals surface area contributed by atoms with E-state index >= 15 is 0 Å². The van der Waals surface area contributed by atoms with E-state index in [1.807, 2.05) is 0 Å². The molecular formula is C7H9N3O3. The van der Waals surface area contributed by atoms with E-state index in [1.54, 1.807) is 0 Å². The molecule has 0 aromatic carbocycles. The van der Waals surface area contributed by atoms with Gasteiger partial charge in [-0.15, -0.1) is 0 Å². The van der Waals surface area contributed by atoms with Gasteiger partial charge in [-0.3, -0.25) is 4.79 Å². The summed E-state index contributed by atoms with van der Waals surface area (Å²) in [5.41, 5.74) is 8.20. The lowest BCUT2D eigenvalue weighted by molar-refractivity contribution is -0.145. The molecule has 6 heteroatoms. The Morgan fingerprint density at radius 1 is 1.69 bits per heavy atom. The molecule has 0 unspecified atom stereocenters. The van der Waals surface area contributed by atoms with Crippen LogP contribution in [0.3, 0.4) is 0 Å². The highest BCUT2D eigenvalue weighted by molar-refractivity contribution is 5.72. The number of esters is 1. The summed E-state index contributed by atoms with van der Waals surface area (Å²) in [6.07, 6.45) is -0.406. The SMILES string of the molecule is [N-]=[N+]=N[C@H]1C[C@H]2CC(=O)O[C@H]2[C@@H]1O. The zero-order valence-electron chi connectivity index (χ0n) is 6.83. The first-order valence-corrected chi connectivity index (χ1v) is 4.14. The van der Waals surface area contributed by atoms with Gasteiger partial charge < -0.3 is 9.84 Å². The Bertz CT molecular complexity index is 287. The van der Waals surface area contributed by atoms with E-state index in [0.717, 1.165) is 0 Å². The van der Waals surface area contributed by atoms with Gasteiger partial charge in [0, 0.05) is 10.8 Å². The lowest BCUT2D eigenvalue weighted by Gasteiger charge is -2.13. The molecule has 0 spiro atoms. The first kappa shape index (κ1) is 8.34. The Balaban J connectivity index is 2.12. The van der Waals surface area contributed by atoms with Crippen LogP contribution in [0.25, 0.3) is 10.4 Å². The molecule has 1 saturated carbocycles. The minimum atomic E-state index is -0.827. The lowest BCUT2D eigenvalue weighted by atomic mass is 10.0. The van der Waals surface area contributed by atoms with Crippen molar-refractivity contribution in [1.82, 2.24) is 0 Å². The number of nitrogens with zero attached hydrogens (tertiary/aromatic N) is 3. The minimum Gasteiger partial charge on any atom is -0.459 e. The Hall–Kier alpha value is -1.26. The Morgan fingerprint density at radius 2 is 2.46 bits per heavy atom. The van der Waals surface area contributed by atoms with E-state index in [9.17, 15) is 9.90 Å². The summed E-state index contributed by atoms with van der Waals surface area (Å²) >= 11 is 0. The molecule has 1 saturated heterocycles. The third kappa shape index (κ3) is 1.24. The van der Waals surface area contributed by atoms with Crippen LogP contribution < -0.4 is 0 Å². The van der Waals surface area contributed by atoms with Crippen molar-refractivity contribution in [3.05, 3.63) is 10.4 Å². The summed E-state index contributed by atoms with van der Waals surface area (Å²) in [5.74, 6) is -0.244. The highest BCUT2D eigenvalue weighted by atomic mass is 16.6. The predicted molar refractivity (Wildman–Crippen MR) is 41.5 cm³/mol. The number of aliphatic hydroxyl groups is 1. The van der Waals surface area contributed by atoms with Crippen LogP contribution in [0.4, 0.5) is 0 Å². The van der Waals surface area contributed by atoms with Crippen LogP contribution in [0.5, 0.6) is 0 Å². The van der Waals surface area contributed by atoms with Crippen molar-refractivity contribution in [2.75, 3.05) is 0 Å². The number of ether oxygens (including phenoxy) is 1. The summed E-state index contributed by atoms with van der Waals surface area (Å²) in [7, 11) is 0. The molecule has 4 atom stereocenters. The van der Waals surface area contributed by atoms with Crippen molar-refractivity contribution >= 4 is 5.97 Å². The maximum absolute atomic E-state index is 10.8. The van der Waals surface area contributed by atoms with Gasteiger partial charge in [-0.1, -0.05) is 5.11 Å². The van der Waals surface area contributed by atoms with E-state index in [4.69, 9.17) is 10.3 Å². The third-order valence-corrected chi connectivity index (χ3v) is 2.64. The molecule has 0 bridgehead atoms. The van der Waals surface area contributed by atoms with Gasteiger partial charge in [0.2, 0.25) is 0 Å². The Labute approximate surface area is 74.1 Å². The first-order valence-electron chi connectivity index (χ1n) is 4.14. The van der Waals surface area contributed by atoms with Gasteiger partial charge in [-0.25, -0.2) is 0 Å². The summed E-state index contributed by atoms with van der Waals surface area (Å²) in [6.45, 7) is 0. The number of carbonyl (C=O) groups is 1. The van der Waals surface area contributed by atoms with Crippen LogP contribution in [0.2, 0.25) is 0 Å². The molecule has 0 radical (unpaired) electrons. The zero-order chi connectivity index (χ0) is 9.42. The van der Waals surface area contributed by atoms with E-state index in [2.05, 4.69) is 10.0 Å². The molecule has 2 fully saturated rings. The van der Waals surface area contributed by atoms with Gasteiger partial charge in [0.1, 0.15) is 6.10 Å². The molecule has 70 valence electrons. The van der Waals surface area contributed by atoms with Crippen molar-refractivity contribution in [3.8, 4) is 0 Å². The van der Waals surface area contributed by atoms with Gasteiger partial charge in [-0.2, -0.15) is 0 Å². The molecule has 0 amide bonds. The number of hydrogen-bond donors (Lipinski definition) is 1. The molecule has 1 heterocycles. The fraction of sp³-hybridized carbons (Fsp3) is 0.857. The molecule has 1 aliphatic carbocycles. The quantitative estimate of drug-likeness (QED) is 0.275. The topological polar surface area (TPSA) is 95.3 Å². The fourth-order valence-corrected chi connectivity index (χ4v) is 2.04. The fourth-order valence-electron chi connectivity index (χ4n) is 2.04. The smallest absolute Gasteiger partial charge is 0.306 e. The van der Waals surface area contributed by atoms with Crippen molar-refractivity contribution in [2.45, 2.75) is 31.1 Å². The first-order chi connectivity index (χ1) is 6.22. The van der Waals surface area contributed by atoms with Crippen molar-refractivity contribution in [2.24, 2.45) is 11.0 Å². The third-order valence-electron chi connectivity index (χ3n) is 2.64. The second kappa shape index (κ2) is 2.90. The molecule has 1 N–H and O–H groups in total. The lowest BCUT2D eigenvalue weighted by Crippen LogP contribution is -2.29. The maximum Gasteiger partial charge on any atom is 0.306 e. The molecule has 0 aromatic heterocycles. The molecule has 2 aliphatic rings. The van der Waals surface area contributed by atoms with Gasteiger partial charge >= 0.3 is 5.97 Å². The van der Waals surface area contributed by atoms with Crippen molar-refractivity contribution < 1.29 is 14.6 Å². The maximum atomic E-state index is 10.8. The molecule has 13 heavy (non-hydrogen) atoms. The van der Waals surface area contributed by atoms with Gasteiger partial charge in [0.25, 0.3) is 0 Å². The summed E-state index contributed by atoms with van der Waals surface area (Å²) in [5, 5.41) is 13.0. The second-order valence-electron chi connectivity index (χ2n) is 3.42. The number of rotatable bonds is 1. The molecule has 2 rings (SSSR count). The monoisotopic (exact) mass is 183 g/mol. The Kier molecular flexibility index (Phi) is 1.86. The average molecular weight is 183 g/mol. The number of hydrogen-bond acceptors (Lipinski definition) is 4. The minimum absolute atomic E-state index is 0.0259. The van der Waals surface area contributed by atoms with E-state index < -0.39 is 18.2 Å². The number of carbonyl (C=O) groups excluding carboxylic acids is 1. The van der Waals surface area contributed by atoms with Crippen LogP contribution in [0.15, 0.2) is 5.11 Å². The summed E-state index contributed by atoms with van der Waals surface area (Å²) in [6, 6.07) is -0.437. The van der Waals surface area contributed by atoms with Crippen LogP contribution in [-0.2, 0) is 9.53 Å². The highest BCUT2D eigenvalue weighted by Crippen LogP contribution is 2.38. The average Bonchev–Trinajstić information content (AvgIpc) is 2.54. The molecule has 6 nitrogen and oxygen atoms in total. The molecule has 0 aromatic rings. The van der Waals surface area contributed by atoms with Crippen LogP contribution in [-0.4, -0.2) is 29.3 Å². The van der Waals surface area contributed by atoms with Crippen LogP contribution in [0, 0.1) is 5.92 Å². The standard InChI is InChI=1S/C7H9N3O3/c8-10-9-4-1-3-2-5(11)13-7(3)6(4)12/h3-4,6-7,12H,1-2H2/t3-,4-,6+,7+/m0/s1. The summed E-state index contributed by atoms with van der Waals surface area (Å²) in [4.78, 5) is 13.5.